The van der Waals surface area contributed by atoms with Crippen molar-refractivity contribution in [1.29, 1.82) is 0 Å². The molecule has 1 unspecified atom stereocenters. The van der Waals surface area contributed by atoms with Gasteiger partial charge in [-0.25, -0.2) is 4.79 Å². The number of amides is 3. The first-order valence-electron chi connectivity index (χ1n) is 6.62. The SMILES string of the molecule is CCNC(=O)CCNC(=O)Nc1ccc(C(C)O)cc1. The zero-order chi connectivity index (χ0) is 15.0. The molecule has 0 aliphatic carbocycles. The zero-order valence-corrected chi connectivity index (χ0v) is 11.8. The van der Waals surface area contributed by atoms with Crippen molar-refractivity contribution in [3.63, 3.8) is 0 Å². The van der Waals surface area contributed by atoms with Crippen LogP contribution < -0.4 is 16.0 Å². The molecule has 3 amide bonds. The first-order valence-corrected chi connectivity index (χ1v) is 6.62. The quantitative estimate of drug-likeness (QED) is 0.634. The van der Waals surface area contributed by atoms with E-state index in [0.29, 0.717) is 12.2 Å². The van der Waals surface area contributed by atoms with E-state index in [1.54, 1.807) is 31.2 Å². The van der Waals surface area contributed by atoms with E-state index in [2.05, 4.69) is 16.0 Å². The number of aliphatic hydroxyl groups excluding tert-OH is 1. The van der Waals surface area contributed by atoms with Gasteiger partial charge in [0.1, 0.15) is 0 Å². The van der Waals surface area contributed by atoms with Gasteiger partial charge in [-0.3, -0.25) is 4.79 Å². The average Bonchev–Trinajstić information content (AvgIpc) is 2.39. The first kappa shape index (κ1) is 16.0. The van der Waals surface area contributed by atoms with Gasteiger partial charge in [0, 0.05) is 25.2 Å². The highest BCUT2D eigenvalue weighted by Crippen LogP contribution is 2.15. The molecule has 0 aromatic heterocycles. The molecule has 110 valence electrons. The summed E-state index contributed by atoms with van der Waals surface area (Å²) in [5.41, 5.74) is 1.41. The van der Waals surface area contributed by atoms with E-state index >= 15 is 0 Å². The van der Waals surface area contributed by atoms with Gasteiger partial charge in [0.25, 0.3) is 0 Å². The number of carbonyl (C=O) groups is 2. The summed E-state index contributed by atoms with van der Waals surface area (Å²) in [6.07, 6.45) is -0.280. The van der Waals surface area contributed by atoms with Crippen LogP contribution in [0, 0.1) is 0 Å². The molecule has 0 heterocycles. The summed E-state index contributed by atoms with van der Waals surface area (Å²) in [4.78, 5) is 22.7. The molecule has 20 heavy (non-hydrogen) atoms. The van der Waals surface area contributed by atoms with Gasteiger partial charge in [-0.2, -0.15) is 0 Å². The summed E-state index contributed by atoms with van der Waals surface area (Å²) in [6, 6.07) is 6.56. The molecule has 0 fully saturated rings. The summed E-state index contributed by atoms with van der Waals surface area (Å²) in [5, 5.41) is 17.3. The van der Waals surface area contributed by atoms with Crippen LogP contribution in [0.2, 0.25) is 0 Å². The van der Waals surface area contributed by atoms with E-state index in [1.165, 1.54) is 0 Å². The maximum atomic E-state index is 11.6. The number of hydrogen-bond donors (Lipinski definition) is 4. The maximum Gasteiger partial charge on any atom is 0.319 e. The molecule has 0 spiro atoms. The van der Waals surface area contributed by atoms with Crippen molar-refractivity contribution in [2.45, 2.75) is 26.4 Å². The molecule has 0 aliphatic rings. The molecule has 0 saturated heterocycles. The summed E-state index contributed by atoms with van der Waals surface area (Å²) >= 11 is 0. The number of anilines is 1. The largest absolute Gasteiger partial charge is 0.389 e. The Morgan fingerprint density at radius 1 is 1.20 bits per heavy atom. The molecular weight excluding hydrogens is 258 g/mol. The van der Waals surface area contributed by atoms with Gasteiger partial charge >= 0.3 is 6.03 Å². The first-order chi connectivity index (χ1) is 9.52. The Morgan fingerprint density at radius 2 is 1.85 bits per heavy atom. The predicted molar refractivity (Wildman–Crippen MR) is 77.4 cm³/mol. The fraction of sp³-hybridized carbons (Fsp3) is 0.429. The number of benzene rings is 1. The molecule has 0 aliphatic heterocycles. The van der Waals surface area contributed by atoms with Crippen LogP contribution in [0.4, 0.5) is 10.5 Å². The number of hydrogen-bond acceptors (Lipinski definition) is 3. The zero-order valence-electron chi connectivity index (χ0n) is 11.8. The highest BCUT2D eigenvalue weighted by molar-refractivity contribution is 5.89. The van der Waals surface area contributed by atoms with Crippen molar-refractivity contribution >= 4 is 17.6 Å². The summed E-state index contributed by atoms with van der Waals surface area (Å²) in [7, 11) is 0. The topological polar surface area (TPSA) is 90.5 Å². The van der Waals surface area contributed by atoms with Gasteiger partial charge in [0.15, 0.2) is 0 Å². The minimum absolute atomic E-state index is 0.0888. The highest BCUT2D eigenvalue weighted by Gasteiger charge is 2.04. The lowest BCUT2D eigenvalue weighted by Gasteiger charge is -2.09. The van der Waals surface area contributed by atoms with Gasteiger partial charge in [0.05, 0.1) is 6.10 Å². The Kier molecular flexibility index (Phi) is 6.52. The van der Waals surface area contributed by atoms with E-state index in [0.717, 1.165) is 5.56 Å². The summed E-state index contributed by atoms with van der Waals surface area (Å²) < 4.78 is 0. The lowest BCUT2D eigenvalue weighted by Crippen LogP contribution is -2.33. The van der Waals surface area contributed by atoms with Crippen molar-refractivity contribution in [2.24, 2.45) is 0 Å². The van der Waals surface area contributed by atoms with E-state index in [1.807, 2.05) is 6.92 Å². The predicted octanol–water partition coefficient (Wildman–Crippen LogP) is 1.39. The van der Waals surface area contributed by atoms with Crippen molar-refractivity contribution < 1.29 is 14.7 Å². The Morgan fingerprint density at radius 3 is 2.40 bits per heavy atom. The van der Waals surface area contributed by atoms with Gasteiger partial charge < -0.3 is 21.1 Å². The van der Waals surface area contributed by atoms with Crippen LogP contribution in [0.15, 0.2) is 24.3 Å². The van der Waals surface area contributed by atoms with Crippen molar-refractivity contribution in [3.8, 4) is 0 Å². The van der Waals surface area contributed by atoms with Gasteiger partial charge in [-0.15, -0.1) is 0 Å². The number of nitrogens with one attached hydrogen (secondary N) is 3. The van der Waals surface area contributed by atoms with Crippen LogP contribution in [0.25, 0.3) is 0 Å². The number of carbonyl (C=O) groups excluding carboxylic acids is 2. The second kappa shape index (κ2) is 8.16. The van der Waals surface area contributed by atoms with Crippen LogP contribution in [0.1, 0.15) is 31.9 Å². The lowest BCUT2D eigenvalue weighted by molar-refractivity contribution is -0.120. The Hall–Kier alpha value is -2.08. The standard InChI is InChI=1S/C14H21N3O3/c1-3-15-13(19)8-9-16-14(20)17-12-6-4-11(5-7-12)10(2)18/h4-7,10,18H,3,8-9H2,1-2H3,(H,15,19)(H2,16,17,20). The van der Waals surface area contributed by atoms with Crippen LogP contribution in [-0.4, -0.2) is 30.1 Å². The molecule has 4 N–H and O–H groups in total. The fourth-order valence-electron chi connectivity index (χ4n) is 1.60. The molecule has 6 heteroatoms. The van der Waals surface area contributed by atoms with Crippen molar-refractivity contribution in [2.75, 3.05) is 18.4 Å². The van der Waals surface area contributed by atoms with Crippen LogP contribution in [0.3, 0.4) is 0 Å². The third kappa shape index (κ3) is 5.71. The minimum atomic E-state index is -0.532. The highest BCUT2D eigenvalue weighted by atomic mass is 16.3. The van der Waals surface area contributed by atoms with Gasteiger partial charge in [0.2, 0.25) is 5.91 Å². The molecule has 0 saturated carbocycles. The summed E-state index contributed by atoms with van der Waals surface area (Å²) in [5.74, 6) is -0.0888. The van der Waals surface area contributed by atoms with E-state index < -0.39 is 6.10 Å². The molecular formula is C14H21N3O3. The monoisotopic (exact) mass is 279 g/mol. The minimum Gasteiger partial charge on any atom is -0.389 e. The van der Waals surface area contributed by atoms with E-state index in [9.17, 15) is 14.7 Å². The molecule has 1 aromatic rings. The molecule has 6 nitrogen and oxygen atoms in total. The number of urea groups is 1. The molecule has 0 bridgehead atoms. The second-order valence-corrected chi connectivity index (χ2v) is 4.38. The third-order valence-corrected chi connectivity index (χ3v) is 2.66. The smallest absolute Gasteiger partial charge is 0.319 e. The summed E-state index contributed by atoms with van der Waals surface area (Å²) in [6.45, 7) is 4.38. The van der Waals surface area contributed by atoms with Gasteiger partial charge in [-0.05, 0) is 31.5 Å². The van der Waals surface area contributed by atoms with Crippen molar-refractivity contribution in [1.82, 2.24) is 10.6 Å². The fourth-order valence-corrected chi connectivity index (χ4v) is 1.60. The number of aliphatic hydroxyl groups is 1. The molecule has 1 rings (SSSR count). The van der Waals surface area contributed by atoms with Crippen LogP contribution >= 0.6 is 0 Å². The van der Waals surface area contributed by atoms with Gasteiger partial charge in [-0.1, -0.05) is 12.1 Å². The normalized spacial score (nSPS) is 11.6. The Balaban J connectivity index is 2.33. The van der Waals surface area contributed by atoms with E-state index in [4.69, 9.17) is 0 Å². The second-order valence-electron chi connectivity index (χ2n) is 4.38. The van der Waals surface area contributed by atoms with Crippen molar-refractivity contribution in [3.05, 3.63) is 29.8 Å². The molecule has 1 atom stereocenters. The maximum absolute atomic E-state index is 11.6. The lowest BCUT2D eigenvalue weighted by atomic mass is 10.1. The third-order valence-electron chi connectivity index (χ3n) is 2.66. The van der Waals surface area contributed by atoms with Crippen LogP contribution in [0.5, 0.6) is 0 Å². The Bertz CT molecular complexity index is 443. The molecule has 0 radical (unpaired) electrons. The Labute approximate surface area is 118 Å². The van der Waals surface area contributed by atoms with E-state index in [-0.39, 0.29) is 24.9 Å². The molecule has 1 aromatic carbocycles. The number of rotatable bonds is 6. The van der Waals surface area contributed by atoms with Crippen LogP contribution in [-0.2, 0) is 4.79 Å². The average molecular weight is 279 g/mol.